The highest BCUT2D eigenvalue weighted by Gasteiger charge is 2.29. The van der Waals surface area contributed by atoms with Gasteiger partial charge < -0.3 is 5.32 Å². The first-order valence-corrected chi connectivity index (χ1v) is 13.6. The summed E-state index contributed by atoms with van der Waals surface area (Å²) < 4.78 is 31.6. The van der Waals surface area contributed by atoms with Gasteiger partial charge in [0.2, 0.25) is 15.9 Å². The Morgan fingerprint density at radius 2 is 1.67 bits per heavy atom. The molecule has 1 atom stereocenters. The number of nitrogens with zero attached hydrogens (tertiary/aromatic N) is 2. The van der Waals surface area contributed by atoms with Crippen molar-refractivity contribution in [3.05, 3.63) is 74.9 Å². The Hall–Kier alpha value is -3.24. The molecule has 2 aromatic carbocycles. The zero-order valence-corrected chi connectivity index (χ0v) is 21.5. The zero-order valence-electron chi connectivity index (χ0n) is 20.7. The molecule has 0 radical (unpaired) electrons. The summed E-state index contributed by atoms with van der Waals surface area (Å²) in [6.45, 7) is 2.19. The number of hydrogen-bond acceptors (Lipinski definition) is 5. The van der Waals surface area contributed by atoms with Crippen molar-refractivity contribution in [2.75, 3.05) is 0 Å². The number of benzene rings is 2. The SMILES string of the molecule is CC1CCC(NC(=O)[C@@H](Cc2ccccc2)NS(=O)(=O)c2ccc3c(c2)c(=O)n(C)c(=O)n3C)CC1. The minimum atomic E-state index is -4.16. The van der Waals surface area contributed by atoms with Crippen molar-refractivity contribution in [2.24, 2.45) is 20.0 Å². The van der Waals surface area contributed by atoms with E-state index in [0.717, 1.165) is 35.8 Å². The first-order valence-electron chi connectivity index (χ1n) is 12.1. The summed E-state index contributed by atoms with van der Waals surface area (Å²) >= 11 is 0. The second kappa shape index (κ2) is 10.4. The lowest BCUT2D eigenvalue weighted by Crippen LogP contribution is -2.51. The number of hydrogen-bond donors (Lipinski definition) is 2. The number of aryl methyl sites for hydroxylation is 1. The van der Waals surface area contributed by atoms with Gasteiger partial charge in [-0.15, -0.1) is 0 Å². The van der Waals surface area contributed by atoms with Gasteiger partial charge in [0.15, 0.2) is 0 Å². The van der Waals surface area contributed by atoms with Crippen LogP contribution in [-0.2, 0) is 35.3 Å². The molecule has 1 amide bonds. The number of carbonyl (C=O) groups excluding carboxylic acids is 1. The predicted octanol–water partition coefficient (Wildman–Crippen LogP) is 1.82. The van der Waals surface area contributed by atoms with Crippen LogP contribution in [0.15, 0.2) is 63.0 Å². The van der Waals surface area contributed by atoms with Crippen molar-refractivity contribution in [1.29, 1.82) is 0 Å². The van der Waals surface area contributed by atoms with Gasteiger partial charge in [-0.1, -0.05) is 37.3 Å². The first kappa shape index (κ1) is 25.8. The molecule has 2 N–H and O–H groups in total. The monoisotopic (exact) mass is 512 g/mol. The van der Waals surface area contributed by atoms with Crippen molar-refractivity contribution in [1.82, 2.24) is 19.2 Å². The van der Waals surface area contributed by atoms with Crippen molar-refractivity contribution in [2.45, 2.75) is 56.0 Å². The highest BCUT2D eigenvalue weighted by Crippen LogP contribution is 2.24. The predicted molar refractivity (Wildman–Crippen MR) is 138 cm³/mol. The molecule has 10 heteroatoms. The molecular weight excluding hydrogens is 480 g/mol. The number of fused-ring (bicyclic) bond motifs is 1. The van der Waals surface area contributed by atoms with Crippen LogP contribution >= 0.6 is 0 Å². The average molecular weight is 513 g/mol. The molecule has 36 heavy (non-hydrogen) atoms. The van der Waals surface area contributed by atoms with Gasteiger partial charge in [-0.05, 0) is 61.8 Å². The summed E-state index contributed by atoms with van der Waals surface area (Å²) in [5.41, 5.74) is 0.0559. The molecule has 4 rings (SSSR count). The van der Waals surface area contributed by atoms with Crippen molar-refractivity contribution >= 4 is 26.8 Å². The number of sulfonamides is 1. The normalized spacial score (nSPS) is 19.2. The fourth-order valence-corrected chi connectivity index (χ4v) is 5.96. The Balaban J connectivity index is 1.65. The smallest absolute Gasteiger partial charge is 0.330 e. The van der Waals surface area contributed by atoms with Gasteiger partial charge in [0.05, 0.1) is 15.8 Å². The van der Waals surface area contributed by atoms with Gasteiger partial charge in [0, 0.05) is 20.1 Å². The third-order valence-corrected chi connectivity index (χ3v) is 8.48. The number of nitrogens with one attached hydrogen (secondary N) is 2. The van der Waals surface area contributed by atoms with Crippen LogP contribution in [-0.4, -0.2) is 35.5 Å². The molecule has 1 aliphatic carbocycles. The van der Waals surface area contributed by atoms with E-state index in [1.807, 2.05) is 30.3 Å². The van der Waals surface area contributed by atoms with Gasteiger partial charge in [0.25, 0.3) is 5.56 Å². The summed E-state index contributed by atoms with van der Waals surface area (Å²) in [5, 5.41) is 3.14. The average Bonchev–Trinajstić information content (AvgIpc) is 2.87. The second-order valence-electron chi connectivity index (χ2n) is 9.71. The minimum absolute atomic E-state index is 0.0152. The lowest BCUT2D eigenvalue weighted by molar-refractivity contribution is -0.123. The number of amides is 1. The lowest BCUT2D eigenvalue weighted by atomic mass is 9.87. The van der Waals surface area contributed by atoms with Crippen molar-refractivity contribution in [3.8, 4) is 0 Å². The Bertz CT molecular complexity index is 1490. The summed E-state index contributed by atoms with van der Waals surface area (Å²) in [5.74, 6) is 0.248. The third-order valence-electron chi connectivity index (χ3n) is 7.01. The number of aromatic nitrogens is 2. The Kier molecular flexibility index (Phi) is 7.46. The molecule has 1 fully saturated rings. The first-order chi connectivity index (χ1) is 17.1. The molecule has 0 unspecified atom stereocenters. The van der Waals surface area contributed by atoms with E-state index in [2.05, 4.69) is 17.0 Å². The molecule has 3 aromatic rings. The van der Waals surface area contributed by atoms with E-state index >= 15 is 0 Å². The molecular formula is C26H32N4O5S. The van der Waals surface area contributed by atoms with E-state index < -0.39 is 27.3 Å². The van der Waals surface area contributed by atoms with Crippen molar-refractivity contribution < 1.29 is 13.2 Å². The molecule has 1 aromatic heterocycles. The van der Waals surface area contributed by atoms with Gasteiger partial charge >= 0.3 is 5.69 Å². The highest BCUT2D eigenvalue weighted by atomic mass is 32.2. The lowest BCUT2D eigenvalue weighted by Gasteiger charge is -2.29. The molecule has 192 valence electrons. The van der Waals surface area contributed by atoms with Crippen LogP contribution in [0.25, 0.3) is 10.9 Å². The Morgan fingerprint density at radius 3 is 2.33 bits per heavy atom. The van der Waals surface area contributed by atoms with E-state index in [9.17, 15) is 22.8 Å². The van der Waals surface area contributed by atoms with Crippen LogP contribution < -0.4 is 21.3 Å². The second-order valence-corrected chi connectivity index (χ2v) is 11.4. The van der Waals surface area contributed by atoms with Gasteiger partial charge in [-0.2, -0.15) is 4.72 Å². The van der Waals surface area contributed by atoms with Crippen molar-refractivity contribution in [3.63, 3.8) is 0 Å². The van der Waals surface area contributed by atoms with E-state index in [1.54, 1.807) is 0 Å². The van der Waals surface area contributed by atoms with Crippen LogP contribution in [0.3, 0.4) is 0 Å². The molecule has 9 nitrogen and oxygen atoms in total. The molecule has 0 aliphatic heterocycles. The maximum absolute atomic E-state index is 13.4. The molecule has 1 aliphatic rings. The summed E-state index contributed by atoms with van der Waals surface area (Å²) in [6, 6.07) is 12.2. The van der Waals surface area contributed by atoms with Crippen LogP contribution in [0, 0.1) is 5.92 Å². The maximum Gasteiger partial charge on any atom is 0.330 e. The van der Waals surface area contributed by atoms with Gasteiger partial charge in [-0.25, -0.2) is 13.2 Å². The molecule has 0 saturated heterocycles. The Labute approximate surface area is 210 Å². The fraction of sp³-hybridized carbons (Fsp3) is 0.423. The zero-order chi connectivity index (χ0) is 26.0. The van der Waals surface area contributed by atoms with Gasteiger partial charge in [-0.3, -0.25) is 18.7 Å². The maximum atomic E-state index is 13.4. The third kappa shape index (κ3) is 5.44. The van der Waals surface area contributed by atoms with Crippen LogP contribution in [0.1, 0.15) is 38.2 Å². The molecule has 0 bridgehead atoms. The minimum Gasteiger partial charge on any atom is -0.352 e. The van der Waals surface area contributed by atoms with E-state index in [0.29, 0.717) is 11.4 Å². The van der Waals surface area contributed by atoms with E-state index in [4.69, 9.17) is 0 Å². The van der Waals surface area contributed by atoms with E-state index in [-0.39, 0.29) is 28.7 Å². The molecule has 1 saturated carbocycles. The topological polar surface area (TPSA) is 119 Å². The quantitative estimate of drug-likeness (QED) is 0.501. The summed E-state index contributed by atoms with van der Waals surface area (Å²) in [6.07, 6.45) is 3.96. The van der Waals surface area contributed by atoms with Crippen LogP contribution in [0.4, 0.5) is 0 Å². The van der Waals surface area contributed by atoms with E-state index in [1.165, 1.54) is 36.9 Å². The van der Waals surface area contributed by atoms with Crippen LogP contribution in [0.5, 0.6) is 0 Å². The fourth-order valence-electron chi connectivity index (χ4n) is 4.74. The standard InChI is InChI=1S/C26H32N4O5S/c1-17-9-11-19(12-10-17)27-24(31)22(15-18-7-5-4-6-8-18)28-36(34,35)20-13-14-23-21(16-20)25(32)30(3)26(33)29(23)2/h4-8,13-14,16-17,19,22,28H,9-12,15H2,1-3H3,(H,27,31)/t17?,19?,22-/m1/s1. The highest BCUT2D eigenvalue weighted by molar-refractivity contribution is 7.89. The van der Waals surface area contributed by atoms with Crippen LogP contribution in [0.2, 0.25) is 0 Å². The number of carbonyl (C=O) groups is 1. The summed E-state index contributed by atoms with van der Waals surface area (Å²) in [7, 11) is -1.30. The van der Waals surface area contributed by atoms with Gasteiger partial charge in [0.1, 0.15) is 6.04 Å². The molecule has 1 heterocycles. The number of rotatable bonds is 7. The largest absolute Gasteiger partial charge is 0.352 e. The summed E-state index contributed by atoms with van der Waals surface area (Å²) in [4.78, 5) is 38.0. The Morgan fingerprint density at radius 1 is 1.00 bits per heavy atom. The molecule has 0 spiro atoms.